The summed E-state index contributed by atoms with van der Waals surface area (Å²) < 4.78 is 24.8. The summed E-state index contributed by atoms with van der Waals surface area (Å²) in [6, 6.07) is 4.06. The Balaban J connectivity index is 2.00. The van der Waals surface area contributed by atoms with Crippen LogP contribution < -0.4 is 10.5 Å². The molecule has 2 rings (SSSR count). The maximum Gasteiger partial charge on any atom is 0.309 e. The Bertz CT molecular complexity index is 566. The first-order chi connectivity index (χ1) is 10.7. The predicted molar refractivity (Wildman–Crippen MR) is 86.6 cm³/mol. The van der Waals surface area contributed by atoms with Gasteiger partial charge in [-0.05, 0) is 65.2 Å². The largest absolute Gasteiger partial charge is 0.490 e. The minimum Gasteiger partial charge on any atom is -0.490 e. The lowest BCUT2D eigenvalue weighted by molar-refractivity contribution is -0.159. The van der Waals surface area contributed by atoms with Crippen molar-refractivity contribution in [2.45, 2.75) is 64.7 Å². The van der Waals surface area contributed by atoms with E-state index in [0.29, 0.717) is 17.7 Å². The summed E-state index contributed by atoms with van der Waals surface area (Å²) in [6.07, 6.45) is 2.06. The van der Waals surface area contributed by atoms with Gasteiger partial charge >= 0.3 is 5.97 Å². The van der Waals surface area contributed by atoms with Crippen LogP contribution in [0.3, 0.4) is 0 Å². The zero-order valence-electron chi connectivity index (χ0n) is 14.3. The molecular formula is C18H26FNO3. The molecule has 2 N–H and O–H groups in total. The molecule has 0 amide bonds. The summed E-state index contributed by atoms with van der Waals surface area (Å²) >= 11 is 0. The third-order valence-electron chi connectivity index (χ3n) is 3.88. The number of carbonyl (C=O) groups is 1. The maximum absolute atomic E-state index is 13.4. The van der Waals surface area contributed by atoms with E-state index in [0.717, 1.165) is 12.8 Å². The lowest BCUT2D eigenvalue weighted by atomic mass is 10.1. The Morgan fingerprint density at radius 2 is 2.04 bits per heavy atom. The zero-order chi connectivity index (χ0) is 17.2. The van der Waals surface area contributed by atoms with Gasteiger partial charge in [-0.1, -0.05) is 0 Å². The first kappa shape index (κ1) is 17.7. The average Bonchev–Trinajstić information content (AvgIpc) is 2.87. The van der Waals surface area contributed by atoms with Gasteiger partial charge in [-0.2, -0.15) is 0 Å². The van der Waals surface area contributed by atoms with Crippen LogP contribution in [0.25, 0.3) is 0 Å². The first-order valence-corrected chi connectivity index (χ1v) is 8.10. The van der Waals surface area contributed by atoms with Gasteiger partial charge in [0, 0.05) is 11.6 Å². The Labute approximate surface area is 137 Å². The van der Waals surface area contributed by atoms with Crippen molar-refractivity contribution in [2.24, 2.45) is 11.7 Å². The van der Waals surface area contributed by atoms with Crippen molar-refractivity contribution < 1.29 is 18.7 Å². The smallest absolute Gasteiger partial charge is 0.309 e. The third kappa shape index (κ3) is 4.93. The third-order valence-corrected chi connectivity index (χ3v) is 3.88. The van der Waals surface area contributed by atoms with Gasteiger partial charge in [-0.15, -0.1) is 0 Å². The van der Waals surface area contributed by atoms with Crippen molar-refractivity contribution in [3.8, 4) is 5.75 Å². The van der Waals surface area contributed by atoms with E-state index in [1.807, 2.05) is 20.8 Å². The molecular weight excluding hydrogens is 297 g/mol. The lowest BCUT2D eigenvalue weighted by Gasteiger charge is -2.22. The number of carbonyl (C=O) groups excluding carboxylic acids is 1. The van der Waals surface area contributed by atoms with E-state index in [1.165, 1.54) is 12.1 Å². The van der Waals surface area contributed by atoms with Crippen LogP contribution in [0.5, 0.6) is 5.75 Å². The molecule has 0 aliphatic heterocycles. The number of rotatable bonds is 4. The number of hydrogen-bond acceptors (Lipinski definition) is 4. The van der Waals surface area contributed by atoms with Gasteiger partial charge in [0.05, 0.1) is 12.0 Å². The summed E-state index contributed by atoms with van der Waals surface area (Å²) in [4.78, 5) is 12.1. The van der Waals surface area contributed by atoms with Crippen LogP contribution in [0.2, 0.25) is 0 Å². The van der Waals surface area contributed by atoms with E-state index in [4.69, 9.17) is 15.2 Å². The summed E-state index contributed by atoms with van der Waals surface area (Å²) in [6.45, 7) is 7.38. The van der Waals surface area contributed by atoms with E-state index in [1.54, 1.807) is 13.0 Å². The van der Waals surface area contributed by atoms with Gasteiger partial charge in [0.2, 0.25) is 0 Å². The van der Waals surface area contributed by atoms with Crippen LogP contribution >= 0.6 is 0 Å². The molecule has 4 nitrogen and oxygen atoms in total. The minimum atomic E-state index is -0.477. The van der Waals surface area contributed by atoms with E-state index >= 15 is 0 Å². The van der Waals surface area contributed by atoms with E-state index < -0.39 is 5.60 Å². The molecule has 1 fully saturated rings. The number of esters is 1. The van der Waals surface area contributed by atoms with Gasteiger partial charge < -0.3 is 15.2 Å². The molecule has 5 heteroatoms. The SMILES string of the molecule is C[C@@H](N)c1cc(F)ccc1O[C@H]1CC[C@@H](C(=O)OC(C)(C)C)C1. The Morgan fingerprint density at radius 3 is 2.65 bits per heavy atom. The molecule has 1 saturated carbocycles. The number of ether oxygens (including phenoxy) is 2. The summed E-state index contributed by atoms with van der Waals surface area (Å²) in [7, 11) is 0. The Morgan fingerprint density at radius 1 is 1.35 bits per heavy atom. The van der Waals surface area contributed by atoms with Crippen LogP contribution in [0.4, 0.5) is 4.39 Å². The van der Waals surface area contributed by atoms with Crippen LogP contribution in [-0.2, 0) is 9.53 Å². The molecule has 3 atom stereocenters. The van der Waals surface area contributed by atoms with E-state index in [2.05, 4.69) is 0 Å². The van der Waals surface area contributed by atoms with Crippen molar-refractivity contribution >= 4 is 5.97 Å². The molecule has 128 valence electrons. The van der Waals surface area contributed by atoms with Crippen molar-refractivity contribution in [1.29, 1.82) is 0 Å². The quantitative estimate of drug-likeness (QED) is 0.858. The predicted octanol–water partition coefficient (Wildman–Crippen LogP) is 3.73. The van der Waals surface area contributed by atoms with Crippen LogP contribution in [-0.4, -0.2) is 17.7 Å². The van der Waals surface area contributed by atoms with Crippen molar-refractivity contribution in [1.82, 2.24) is 0 Å². The molecule has 0 bridgehead atoms. The molecule has 1 aromatic rings. The Kier molecular flexibility index (Phi) is 5.30. The monoisotopic (exact) mass is 323 g/mol. The number of benzene rings is 1. The van der Waals surface area contributed by atoms with Gasteiger partial charge in [-0.3, -0.25) is 4.79 Å². The summed E-state index contributed by atoms with van der Waals surface area (Å²) in [5.74, 6) is -0.0486. The molecule has 23 heavy (non-hydrogen) atoms. The minimum absolute atomic E-state index is 0.0736. The first-order valence-electron chi connectivity index (χ1n) is 8.10. The normalized spacial score (nSPS) is 22.7. The van der Waals surface area contributed by atoms with E-state index in [9.17, 15) is 9.18 Å². The number of nitrogens with two attached hydrogens (primary N) is 1. The zero-order valence-corrected chi connectivity index (χ0v) is 14.3. The molecule has 0 radical (unpaired) electrons. The van der Waals surface area contributed by atoms with Gasteiger partial charge in [0.1, 0.15) is 17.2 Å². The van der Waals surface area contributed by atoms with Gasteiger partial charge in [-0.25, -0.2) is 4.39 Å². The fraction of sp³-hybridized carbons (Fsp3) is 0.611. The summed E-state index contributed by atoms with van der Waals surface area (Å²) in [5.41, 5.74) is 6.05. The van der Waals surface area contributed by atoms with Crippen LogP contribution in [0, 0.1) is 11.7 Å². The topological polar surface area (TPSA) is 61.5 Å². The second-order valence-corrected chi connectivity index (χ2v) is 7.25. The number of halogens is 1. The molecule has 0 unspecified atom stereocenters. The average molecular weight is 323 g/mol. The fourth-order valence-corrected chi connectivity index (χ4v) is 2.81. The summed E-state index contributed by atoms with van der Waals surface area (Å²) in [5, 5.41) is 0. The van der Waals surface area contributed by atoms with Gasteiger partial charge in [0.15, 0.2) is 0 Å². The second kappa shape index (κ2) is 6.87. The molecule has 0 heterocycles. The van der Waals surface area contributed by atoms with Gasteiger partial charge in [0.25, 0.3) is 0 Å². The van der Waals surface area contributed by atoms with E-state index in [-0.39, 0.29) is 29.9 Å². The highest BCUT2D eigenvalue weighted by molar-refractivity contribution is 5.73. The highest BCUT2D eigenvalue weighted by Crippen LogP contribution is 2.33. The Hall–Kier alpha value is -1.62. The highest BCUT2D eigenvalue weighted by atomic mass is 19.1. The second-order valence-electron chi connectivity index (χ2n) is 7.25. The molecule has 1 aliphatic carbocycles. The molecule has 0 saturated heterocycles. The standard InChI is InChI=1S/C18H26FNO3/c1-11(20)15-10-13(19)6-8-16(15)22-14-7-5-12(9-14)17(21)23-18(2,3)4/h6,8,10-12,14H,5,7,9,20H2,1-4H3/t11-,12-,14+/m1/s1. The molecule has 1 aliphatic rings. The van der Waals surface area contributed by atoms with Crippen molar-refractivity contribution in [3.05, 3.63) is 29.6 Å². The molecule has 0 spiro atoms. The fourth-order valence-electron chi connectivity index (χ4n) is 2.81. The highest BCUT2D eigenvalue weighted by Gasteiger charge is 2.34. The van der Waals surface area contributed by atoms with Crippen LogP contribution in [0.1, 0.15) is 58.6 Å². The van der Waals surface area contributed by atoms with Crippen molar-refractivity contribution in [3.63, 3.8) is 0 Å². The molecule has 0 aromatic heterocycles. The molecule has 1 aromatic carbocycles. The number of hydrogen-bond donors (Lipinski definition) is 1. The lowest BCUT2D eigenvalue weighted by Crippen LogP contribution is -2.28. The maximum atomic E-state index is 13.4. The van der Waals surface area contributed by atoms with Crippen molar-refractivity contribution in [2.75, 3.05) is 0 Å². The van der Waals surface area contributed by atoms with Crippen LogP contribution in [0.15, 0.2) is 18.2 Å².